The predicted molar refractivity (Wildman–Crippen MR) is 77.9 cm³/mol. The summed E-state index contributed by atoms with van der Waals surface area (Å²) in [5.74, 6) is 0.0910. The van der Waals surface area contributed by atoms with E-state index in [4.69, 9.17) is 0 Å². The number of hydrogen-bond acceptors (Lipinski definition) is 2. The van der Waals surface area contributed by atoms with Crippen molar-refractivity contribution in [1.29, 1.82) is 0 Å². The van der Waals surface area contributed by atoms with Gasteiger partial charge in [-0.15, -0.1) is 0 Å². The smallest absolute Gasteiger partial charge is 0.272 e. The summed E-state index contributed by atoms with van der Waals surface area (Å²) in [4.78, 5) is 18.8. The topological polar surface area (TPSA) is 38.1 Å². The van der Waals surface area contributed by atoms with E-state index in [2.05, 4.69) is 4.98 Å². The number of likely N-dealkylation sites (tertiary alicyclic amines) is 1. The van der Waals surface area contributed by atoms with Gasteiger partial charge in [0.15, 0.2) is 0 Å². The van der Waals surface area contributed by atoms with Gasteiger partial charge in [-0.2, -0.15) is 0 Å². The quantitative estimate of drug-likeness (QED) is 0.840. The minimum atomic E-state index is 0.0910. The molecule has 0 saturated carbocycles. The first kappa shape index (κ1) is 12.9. The van der Waals surface area contributed by atoms with Gasteiger partial charge >= 0.3 is 0 Å². The van der Waals surface area contributed by atoms with Gasteiger partial charge in [0.25, 0.3) is 5.91 Å². The Hall–Kier alpha value is -2.10. The third-order valence-corrected chi connectivity index (χ3v) is 3.79. The molecule has 4 heteroatoms. The fraction of sp³-hybridized carbons (Fsp3) is 0.375. The van der Waals surface area contributed by atoms with Crippen molar-refractivity contribution in [2.24, 2.45) is 0 Å². The van der Waals surface area contributed by atoms with Crippen LogP contribution in [0.4, 0.5) is 0 Å². The van der Waals surface area contributed by atoms with Crippen molar-refractivity contribution in [2.45, 2.75) is 25.7 Å². The molecular formula is C16H19N3O. The van der Waals surface area contributed by atoms with E-state index in [1.807, 2.05) is 39.8 Å². The van der Waals surface area contributed by atoms with Gasteiger partial charge in [-0.3, -0.25) is 9.36 Å². The molecule has 1 aromatic carbocycles. The van der Waals surface area contributed by atoms with E-state index >= 15 is 0 Å². The Morgan fingerprint density at radius 2 is 1.70 bits per heavy atom. The van der Waals surface area contributed by atoms with E-state index in [1.54, 1.807) is 12.5 Å². The maximum absolute atomic E-state index is 12.7. The van der Waals surface area contributed by atoms with E-state index in [0.717, 1.165) is 31.6 Å². The summed E-state index contributed by atoms with van der Waals surface area (Å²) in [5, 5.41) is 0. The summed E-state index contributed by atoms with van der Waals surface area (Å²) in [7, 11) is 0. The normalized spacial score (nSPS) is 15.9. The van der Waals surface area contributed by atoms with Gasteiger partial charge in [-0.1, -0.05) is 31.0 Å². The highest BCUT2D eigenvalue weighted by molar-refractivity contribution is 5.93. The van der Waals surface area contributed by atoms with E-state index in [1.165, 1.54) is 12.8 Å². The van der Waals surface area contributed by atoms with Crippen LogP contribution in [-0.4, -0.2) is 33.4 Å². The Morgan fingerprint density at radius 1 is 1.00 bits per heavy atom. The van der Waals surface area contributed by atoms with Crippen LogP contribution in [0, 0.1) is 0 Å². The van der Waals surface area contributed by atoms with Crippen LogP contribution in [0.3, 0.4) is 0 Å². The number of para-hydroxylation sites is 1. The highest BCUT2D eigenvalue weighted by atomic mass is 16.2. The molecule has 4 nitrogen and oxygen atoms in total. The van der Waals surface area contributed by atoms with Crippen LogP contribution in [0.25, 0.3) is 5.69 Å². The van der Waals surface area contributed by atoms with Crippen molar-refractivity contribution in [3.05, 3.63) is 48.5 Å². The first-order chi connectivity index (χ1) is 9.86. The number of imidazole rings is 1. The van der Waals surface area contributed by atoms with Crippen molar-refractivity contribution in [1.82, 2.24) is 14.5 Å². The molecule has 104 valence electrons. The van der Waals surface area contributed by atoms with Crippen molar-refractivity contribution in [2.75, 3.05) is 13.1 Å². The second-order valence-corrected chi connectivity index (χ2v) is 5.19. The largest absolute Gasteiger partial charge is 0.337 e. The molecule has 1 saturated heterocycles. The summed E-state index contributed by atoms with van der Waals surface area (Å²) in [6, 6.07) is 9.88. The van der Waals surface area contributed by atoms with Crippen LogP contribution in [0.1, 0.15) is 36.2 Å². The zero-order chi connectivity index (χ0) is 13.8. The number of aromatic nitrogens is 2. The van der Waals surface area contributed by atoms with E-state index in [9.17, 15) is 4.79 Å². The van der Waals surface area contributed by atoms with E-state index < -0.39 is 0 Å². The number of nitrogens with zero attached hydrogens (tertiary/aromatic N) is 3. The maximum Gasteiger partial charge on any atom is 0.272 e. The average molecular weight is 269 g/mol. The van der Waals surface area contributed by atoms with Gasteiger partial charge in [0.2, 0.25) is 0 Å². The molecule has 2 aromatic rings. The van der Waals surface area contributed by atoms with Gasteiger partial charge in [-0.05, 0) is 25.0 Å². The van der Waals surface area contributed by atoms with Gasteiger partial charge < -0.3 is 4.90 Å². The van der Waals surface area contributed by atoms with Gasteiger partial charge in [0, 0.05) is 18.8 Å². The number of carbonyl (C=O) groups excluding carboxylic acids is 1. The number of amides is 1. The average Bonchev–Trinajstić information content (AvgIpc) is 2.82. The third-order valence-electron chi connectivity index (χ3n) is 3.79. The number of carbonyl (C=O) groups is 1. The van der Waals surface area contributed by atoms with Crippen molar-refractivity contribution in [3.63, 3.8) is 0 Å². The molecule has 1 aliphatic rings. The maximum atomic E-state index is 12.7. The SMILES string of the molecule is O=C(c1cncn1-c1ccccc1)N1CCCCCC1. The molecule has 0 bridgehead atoms. The molecule has 1 aromatic heterocycles. The minimum absolute atomic E-state index is 0.0910. The summed E-state index contributed by atoms with van der Waals surface area (Å²) in [6.45, 7) is 1.72. The summed E-state index contributed by atoms with van der Waals surface area (Å²) < 4.78 is 1.87. The van der Waals surface area contributed by atoms with Crippen LogP contribution in [0.5, 0.6) is 0 Å². The third kappa shape index (κ3) is 2.59. The molecule has 0 radical (unpaired) electrons. The highest BCUT2D eigenvalue weighted by Gasteiger charge is 2.20. The Kier molecular flexibility index (Phi) is 3.81. The fourth-order valence-corrected chi connectivity index (χ4v) is 2.68. The van der Waals surface area contributed by atoms with Gasteiger partial charge in [-0.25, -0.2) is 4.98 Å². The first-order valence-corrected chi connectivity index (χ1v) is 7.23. The minimum Gasteiger partial charge on any atom is -0.337 e. The molecule has 0 aliphatic carbocycles. The lowest BCUT2D eigenvalue weighted by Crippen LogP contribution is -2.33. The molecule has 1 amide bonds. The fourth-order valence-electron chi connectivity index (χ4n) is 2.68. The molecule has 2 heterocycles. The van der Waals surface area contributed by atoms with Gasteiger partial charge in [0.05, 0.1) is 12.5 Å². The zero-order valence-corrected chi connectivity index (χ0v) is 11.5. The zero-order valence-electron chi connectivity index (χ0n) is 11.5. The Balaban J connectivity index is 1.87. The Morgan fingerprint density at radius 3 is 2.40 bits per heavy atom. The molecular weight excluding hydrogens is 250 g/mol. The first-order valence-electron chi connectivity index (χ1n) is 7.23. The molecule has 0 N–H and O–H groups in total. The standard InChI is InChI=1S/C16H19N3O/c20-16(18-10-6-1-2-7-11-18)15-12-17-13-19(15)14-8-4-3-5-9-14/h3-5,8-9,12-13H,1-2,6-7,10-11H2. The molecule has 0 spiro atoms. The number of benzene rings is 1. The Bertz CT molecular complexity index is 568. The number of rotatable bonds is 2. The van der Waals surface area contributed by atoms with Crippen molar-refractivity contribution in [3.8, 4) is 5.69 Å². The summed E-state index contributed by atoms with van der Waals surface area (Å²) in [5.41, 5.74) is 1.63. The summed E-state index contributed by atoms with van der Waals surface area (Å²) >= 11 is 0. The van der Waals surface area contributed by atoms with E-state index in [0.29, 0.717) is 5.69 Å². The second-order valence-electron chi connectivity index (χ2n) is 5.19. The lowest BCUT2D eigenvalue weighted by molar-refractivity contribution is 0.0753. The predicted octanol–water partition coefficient (Wildman–Crippen LogP) is 2.89. The van der Waals surface area contributed by atoms with Gasteiger partial charge in [0.1, 0.15) is 5.69 Å². The van der Waals surface area contributed by atoms with Crippen LogP contribution in [0.15, 0.2) is 42.9 Å². The van der Waals surface area contributed by atoms with Crippen LogP contribution < -0.4 is 0 Å². The van der Waals surface area contributed by atoms with Crippen LogP contribution in [0.2, 0.25) is 0 Å². The molecule has 1 aliphatic heterocycles. The Labute approximate surface area is 119 Å². The monoisotopic (exact) mass is 269 g/mol. The van der Waals surface area contributed by atoms with E-state index in [-0.39, 0.29) is 5.91 Å². The molecule has 0 atom stereocenters. The molecule has 3 rings (SSSR count). The van der Waals surface area contributed by atoms with Crippen LogP contribution in [-0.2, 0) is 0 Å². The second kappa shape index (κ2) is 5.90. The molecule has 0 unspecified atom stereocenters. The van der Waals surface area contributed by atoms with Crippen molar-refractivity contribution < 1.29 is 4.79 Å². The highest BCUT2D eigenvalue weighted by Crippen LogP contribution is 2.16. The lowest BCUT2D eigenvalue weighted by atomic mass is 10.2. The molecule has 1 fully saturated rings. The van der Waals surface area contributed by atoms with Crippen LogP contribution >= 0.6 is 0 Å². The van der Waals surface area contributed by atoms with Crippen molar-refractivity contribution >= 4 is 5.91 Å². The molecule has 20 heavy (non-hydrogen) atoms. The summed E-state index contributed by atoms with van der Waals surface area (Å²) in [6.07, 6.45) is 8.03. The lowest BCUT2D eigenvalue weighted by Gasteiger charge is -2.20. The number of hydrogen-bond donors (Lipinski definition) is 0.